The zero-order chi connectivity index (χ0) is 22.6. The Morgan fingerprint density at radius 2 is 1.77 bits per heavy atom. The second-order valence-electron chi connectivity index (χ2n) is 8.53. The van der Waals surface area contributed by atoms with Gasteiger partial charge in [-0.3, -0.25) is 9.59 Å². The second-order valence-corrected chi connectivity index (χ2v) is 8.53. The van der Waals surface area contributed by atoms with E-state index in [1.54, 1.807) is 38.1 Å². The van der Waals surface area contributed by atoms with Gasteiger partial charge in [-0.15, -0.1) is 0 Å². The SMILES string of the molecule is CC(C)(O)C#Cc1ccc(C(=O)N2CC[C@](Cc3ccccc3)(C(=O)O)[C@H](O)C2)cc1. The van der Waals surface area contributed by atoms with E-state index in [0.717, 1.165) is 5.56 Å². The summed E-state index contributed by atoms with van der Waals surface area (Å²) in [5.41, 5.74) is -0.479. The number of hydrogen-bond acceptors (Lipinski definition) is 4. The van der Waals surface area contributed by atoms with Crippen LogP contribution in [0.1, 0.15) is 41.8 Å². The molecule has 1 fully saturated rings. The van der Waals surface area contributed by atoms with Gasteiger partial charge >= 0.3 is 5.97 Å². The number of piperidine rings is 1. The lowest BCUT2D eigenvalue weighted by Gasteiger charge is -2.43. The van der Waals surface area contributed by atoms with Crippen LogP contribution in [0.4, 0.5) is 0 Å². The maximum atomic E-state index is 12.9. The highest BCUT2D eigenvalue weighted by atomic mass is 16.4. The van der Waals surface area contributed by atoms with Gasteiger partial charge in [0.25, 0.3) is 5.91 Å². The minimum absolute atomic E-state index is 0.0434. The fraction of sp³-hybridized carbons (Fsp3) is 0.360. The number of amides is 1. The molecule has 1 aliphatic heterocycles. The molecule has 0 aromatic heterocycles. The molecular weight excluding hydrogens is 394 g/mol. The Balaban J connectivity index is 1.72. The number of aliphatic hydroxyl groups excluding tert-OH is 1. The molecule has 1 amide bonds. The Morgan fingerprint density at radius 1 is 1.13 bits per heavy atom. The summed E-state index contributed by atoms with van der Waals surface area (Å²) in [4.78, 5) is 26.5. The van der Waals surface area contributed by atoms with Gasteiger partial charge in [0.2, 0.25) is 0 Å². The van der Waals surface area contributed by atoms with Crippen molar-refractivity contribution in [1.82, 2.24) is 4.90 Å². The molecule has 6 nitrogen and oxygen atoms in total. The Kier molecular flexibility index (Phi) is 6.49. The third-order valence-electron chi connectivity index (χ3n) is 5.58. The third-order valence-corrected chi connectivity index (χ3v) is 5.58. The summed E-state index contributed by atoms with van der Waals surface area (Å²) in [5, 5.41) is 30.4. The first-order valence-corrected chi connectivity index (χ1v) is 10.2. The molecule has 2 aromatic rings. The molecule has 2 aromatic carbocycles. The second kappa shape index (κ2) is 8.93. The van der Waals surface area contributed by atoms with Gasteiger partial charge in [-0.1, -0.05) is 42.2 Å². The number of nitrogens with zero attached hydrogens (tertiary/aromatic N) is 1. The third kappa shape index (κ3) is 5.32. The number of rotatable bonds is 4. The smallest absolute Gasteiger partial charge is 0.312 e. The number of hydrogen-bond donors (Lipinski definition) is 3. The van der Waals surface area contributed by atoms with Crippen LogP contribution < -0.4 is 0 Å². The molecule has 0 bridgehead atoms. The summed E-state index contributed by atoms with van der Waals surface area (Å²) in [5.74, 6) is 4.26. The Labute approximate surface area is 182 Å². The lowest BCUT2D eigenvalue weighted by atomic mass is 9.71. The van der Waals surface area contributed by atoms with Gasteiger partial charge in [0.05, 0.1) is 6.10 Å². The van der Waals surface area contributed by atoms with Crippen LogP contribution in [-0.4, -0.2) is 56.9 Å². The van der Waals surface area contributed by atoms with Crippen LogP contribution in [0.3, 0.4) is 0 Å². The molecule has 1 aliphatic rings. The molecule has 0 unspecified atom stereocenters. The number of benzene rings is 2. The predicted octanol–water partition coefficient (Wildman–Crippen LogP) is 2.33. The van der Waals surface area contributed by atoms with Crippen LogP contribution in [0.25, 0.3) is 0 Å². The molecule has 3 rings (SSSR count). The average molecular weight is 421 g/mol. The Hall–Kier alpha value is -3.14. The topological polar surface area (TPSA) is 98.1 Å². The first kappa shape index (κ1) is 22.5. The maximum Gasteiger partial charge on any atom is 0.312 e. The van der Waals surface area contributed by atoms with Crippen molar-refractivity contribution in [2.75, 3.05) is 13.1 Å². The maximum absolute atomic E-state index is 12.9. The number of carboxylic acid groups (broad SMARTS) is 1. The molecule has 0 spiro atoms. The van der Waals surface area contributed by atoms with Crippen LogP contribution in [0.2, 0.25) is 0 Å². The zero-order valence-electron chi connectivity index (χ0n) is 17.7. The van der Waals surface area contributed by atoms with Crippen LogP contribution in [0, 0.1) is 17.3 Å². The largest absolute Gasteiger partial charge is 0.481 e. The van der Waals surface area contributed by atoms with Crippen molar-refractivity contribution in [1.29, 1.82) is 0 Å². The number of carbonyl (C=O) groups is 2. The molecule has 6 heteroatoms. The van der Waals surface area contributed by atoms with Crippen LogP contribution in [-0.2, 0) is 11.2 Å². The van der Waals surface area contributed by atoms with Gasteiger partial charge in [-0.25, -0.2) is 0 Å². The van der Waals surface area contributed by atoms with Gasteiger partial charge in [0.15, 0.2) is 0 Å². The summed E-state index contributed by atoms with van der Waals surface area (Å²) in [6, 6.07) is 15.9. The highest BCUT2D eigenvalue weighted by molar-refractivity contribution is 5.94. The highest BCUT2D eigenvalue weighted by Gasteiger charge is 2.49. The van der Waals surface area contributed by atoms with E-state index in [9.17, 15) is 24.9 Å². The number of likely N-dealkylation sites (tertiary alicyclic amines) is 1. The molecule has 3 N–H and O–H groups in total. The van der Waals surface area contributed by atoms with E-state index < -0.39 is 23.1 Å². The van der Waals surface area contributed by atoms with E-state index in [1.165, 1.54) is 4.90 Å². The van der Waals surface area contributed by atoms with Crippen LogP contribution in [0.5, 0.6) is 0 Å². The summed E-state index contributed by atoms with van der Waals surface area (Å²) in [6.07, 6.45) is -0.805. The van der Waals surface area contributed by atoms with Gasteiger partial charge < -0.3 is 20.2 Å². The van der Waals surface area contributed by atoms with Gasteiger partial charge in [0, 0.05) is 24.2 Å². The predicted molar refractivity (Wildman–Crippen MR) is 116 cm³/mol. The minimum Gasteiger partial charge on any atom is -0.481 e. The highest BCUT2D eigenvalue weighted by Crippen LogP contribution is 2.36. The number of β-amino-alcohol motifs (C(OH)–C–C–N with tert-alkyl or cyclic N) is 1. The van der Waals surface area contributed by atoms with E-state index in [-0.39, 0.29) is 31.8 Å². The van der Waals surface area contributed by atoms with E-state index in [1.807, 2.05) is 30.3 Å². The van der Waals surface area contributed by atoms with E-state index in [0.29, 0.717) is 11.1 Å². The fourth-order valence-corrected chi connectivity index (χ4v) is 3.76. The standard InChI is InChI=1S/C25H27NO5/c1-24(2,31)13-12-18-8-10-20(11-9-18)22(28)26-15-14-25(23(29)30,21(27)17-26)16-19-6-4-3-5-7-19/h3-11,21,27,31H,14-17H2,1-2H3,(H,29,30)/t21-,25-/m1/s1. The average Bonchev–Trinajstić information content (AvgIpc) is 2.73. The zero-order valence-corrected chi connectivity index (χ0v) is 17.7. The van der Waals surface area contributed by atoms with E-state index in [4.69, 9.17) is 0 Å². The minimum atomic E-state index is -1.32. The molecule has 0 aliphatic carbocycles. The summed E-state index contributed by atoms with van der Waals surface area (Å²) in [7, 11) is 0. The van der Waals surface area contributed by atoms with E-state index >= 15 is 0 Å². The molecule has 0 saturated carbocycles. The molecule has 2 atom stereocenters. The van der Waals surface area contributed by atoms with Gasteiger partial charge in [-0.2, -0.15) is 0 Å². The fourth-order valence-electron chi connectivity index (χ4n) is 3.76. The van der Waals surface area contributed by atoms with Crippen LogP contribution >= 0.6 is 0 Å². The Bertz CT molecular complexity index is 998. The van der Waals surface area contributed by atoms with E-state index in [2.05, 4.69) is 11.8 Å². The normalized spacial score (nSPS) is 21.2. The lowest BCUT2D eigenvalue weighted by Crippen LogP contribution is -2.57. The monoisotopic (exact) mass is 421 g/mol. The Morgan fingerprint density at radius 3 is 2.32 bits per heavy atom. The van der Waals surface area contributed by atoms with Gasteiger partial charge in [0.1, 0.15) is 11.0 Å². The molecule has 162 valence electrons. The van der Waals surface area contributed by atoms with Crippen molar-refractivity contribution >= 4 is 11.9 Å². The van der Waals surface area contributed by atoms with Gasteiger partial charge in [-0.05, 0) is 56.5 Å². The number of aliphatic hydroxyl groups is 2. The van der Waals surface area contributed by atoms with Crippen molar-refractivity contribution in [3.05, 3.63) is 71.3 Å². The first-order valence-electron chi connectivity index (χ1n) is 10.2. The summed E-state index contributed by atoms with van der Waals surface area (Å²) >= 11 is 0. The van der Waals surface area contributed by atoms with Crippen molar-refractivity contribution in [3.63, 3.8) is 0 Å². The summed E-state index contributed by atoms with van der Waals surface area (Å²) in [6.45, 7) is 3.39. The van der Waals surface area contributed by atoms with Crippen molar-refractivity contribution in [2.45, 2.75) is 38.4 Å². The first-order chi connectivity index (χ1) is 14.6. The summed E-state index contributed by atoms with van der Waals surface area (Å²) < 4.78 is 0. The molecule has 0 radical (unpaired) electrons. The number of carboxylic acids is 1. The lowest BCUT2D eigenvalue weighted by molar-refractivity contribution is -0.161. The molecule has 1 saturated heterocycles. The van der Waals surface area contributed by atoms with Crippen molar-refractivity contribution < 1.29 is 24.9 Å². The van der Waals surface area contributed by atoms with Crippen molar-refractivity contribution in [3.8, 4) is 11.8 Å². The quantitative estimate of drug-likeness (QED) is 0.659. The van der Waals surface area contributed by atoms with Crippen molar-refractivity contribution in [2.24, 2.45) is 5.41 Å². The molecule has 1 heterocycles. The molecule has 31 heavy (non-hydrogen) atoms. The number of aliphatic carboxylic acids is 1. The molecular formula is C25H27NO5. The number of carbonyl (C=O) groups excluding carboxylic acids is 1. The van der Waals surface area contributed by atoms with Crippen LogP contribution in [0.15, 0.2) is 54.6 Å².